The highest BCUT2D eigenvalue weighted by Crippen LogP contribution is 2.36. The zero-order chi connectivity index (χ0) is 16.5. The Morgan fingerprint density at radius 3 is 2.92 bits per heavy atom. The van der Waals surface area contributed by atoms with E-state index in [1.54, 1.807) is 6.33 Å². The molecular weight excluding hydrogens is 300 g/mol. The van der Waals surface area contributed by atoms with Gasteiger partial charge < -0.3 is 15.2 Å². The summed E-state index contributed by atoms with van der Waals surface area (Å²) in [5.74, 6) is 0. The number of H-pyrrole nitrogens is 1. The quantitative estimate of drug-likeness (QED) is 0.776. The van der Waals surface area contributed by atoms with Crippen LogP contribution in [-0.2, 0) is 0 Å². The Labute approximate surface area is 141 Å². The van der Waals surface area contributed by atoms with Crippen LogP contribution in [0.2, 0.25) is 0 Å². The van der Waals surface area contributed by atoms with Crippen LogP contribution in [0.3, 0.4) is 0 Å². The number of likely N-dealkylation sites (N-methyl/N-ethyl adjacent to an activating group) is 1. The number of piperidine rings is 1. The lowest BCUT2D eigenvalue weighted by molar-refractivity contribution is 0.375. The summed E-state index contributed by atoms with van der Waals surface area (Å²) >= 11 is 0. The molecule has 6 heteroatoms. The van der Waals surface area contributed by atoms with Gasteiger partial charge in [0.05, 0.1) is 11.1 Å². The standard InChI is InChI=1S/C18H22N6/c1-12-15(19-2)4-3-7-24(12)16-5-6-22-18-17(16)14(10-23-18)13-8-20-11-21-9-13/h5-6,8-12,15,19H,3-4,7H2,1-2H3,(H,22,23)/t12-,15-/m0/s1. The lowest BCUT2D eigenvalue weighted by Crippen LogP contribution is -2.51. The molecule has 0 saturated carbocycles. The van der Waals surface area contributed by atoms with E-state index in [-0.39, 0.29) is 0 Å². The molecule has 2 atom stereocenters. The van der Waals surface area contributed by atoms with Gasteiger partial charge in [0.2, 0.25) is 0 Å². The van der Waals surface area contributed by atoms with Gasteiger partial charge in [-0.25, -0.2) is 15.0 Å². The van der Waals surface area contributed by atoms with Crippen LogP contribution in [0, 0.1) is 0 Å². The lowest BCUT2D eigenvalue weighted by atomic mass is 9.96. The number of rotatable bonds is 3. The van der Waals surface area contributed by atoms with Crippen molar-refractivity contribution in [2.45, 2.75) is 31.8 Å². The molecule has 0 radical (unpaired) electrons. The fourth-order valence-corrected chi connectivity index (χ4v) is 3.81. The SMILES string of the molecule is CN[C@H]1CCCN(c2ccnc3[nH]cc(-c4cncnc4)c23)[C@H]1C. The maximum atomic E-state index is 4.51. The fourth-order valence-electron chi connectivity index (χ4n) is 3.81. The topological polar surface area (TPSA) is 69.7 Å². The van der Waals surface area contributed by atoms with E-state index < -0.39 is 0 Å². The molecule has 6 nitrogen and oxygen atoms in total. The zero-order valence-electron chi connectivity index (χ0n) is 14.0. The molecule has 124 valence electrons. The van der Waals surface area contributed by atoms with E-state index >= 15 is 0 Å². The lowest BCUT2D eigenvalue weighted by Gasteiger charge is -2.41. The van der Waals surface area contributed by atoms with Gasteiger partial charge in [0.25, 0.3) is 0 Å². The molecule has 0 unspecified atom stereocenters. The van der Waals surface area contributed by atoms with Crippen molar-refractivity contribution in [3.8, 4) is 11.1 Å². The highest BCUT2D eigenvalue weighted by Gasteiger charge is 2.28. The Balaban J connectivity index is 1.85. The number of pyridine rings is 1. The van der Waals surface area contributed by atoms with Crippen molar-refractivity contribution in [1.29, 1.82) is 0 Å². The second-order valence-corrected chi connectivity index (χ2v) is 6.35. The van der Waals surface area contributed by atoms with Gasteiger partial charge in [-0.1, -0.05) is 0 Å². The number of aromatic amines is 1. The van der Waals surface area contributed by atoms with Crippen molar-refractivity contribution in [1.82, 2.24) is 25.3 Å². The van der Waals surface area contributed by atoms with Gasteiger partial charge in [-0.3, -0.25) is 0 Å². The minimum Gasteiger partial charge on any atom is -0.367 e. The van der Waals surface area contributed by atoms with Crippen LogP contribution in [0.25, 0.3) is 22.2 Å². The largest absolute Gasteiger partial charge is 0.367 e. The van der Waals surface area contributed by atoms with Gasteiger partial charge in [-0.05, 0) is 32.9 Å². The number of nitrogens with zero attached hydrogens (tertiary/aromatic N) is 4. The molecule has 0 bridgehead atoms. The monoisotopic (exact) mass is 322 g/mol. The van der Waals surface area contributed by atoms with Crippen molar-refractivity contribution in [2.75, 3.05) is 18.5 Å². The maximum Gasteiger partial charge on any atom is 0.139 e. The van der Waals surface area contributed by atoms with Crippen molar-refractivity contribution in [2.24, 2.45) is 0 Å². The first kappa shape index (κ1) is 15.1. The zero-order valence-corrected chi connectivity index (χ0v) is 14.0. The van der Waals surface area contributed by atoms with E-state index in [4.69, 9.17) is 0 Å². The van der Waals surface area contributed by atoms with E-state index in [1.165, 1.54) is 18.5 Å². The molecule has 1 fully saturated rings. The van der Waals surface area contributed by atoms with Crippen LogP contribution in [0.4, 0.5) is 5.69 Å². The highest BCUT2D eigenvalue weighted by molar-refractivity contribution is 6.02. The molecule has 24 heavy (non-hydrogen) atoms. The van der Waals surface area contributed by atoms with Crippen LogP contribution < -0.4 is 10.2 Å². The summed E-state index contributed by atoms with van der Waals surface area (Å²) in [4.78, 5) is 18.6. The minimum absolute atomic E-state index is 0.434. The molecule has 3 aromatic heterocycles. The summed E-state index contributed by atoms with van der Waals surface area (Å²) in [6.07, 6.45) is 11.6. The van der Waals surface area contributed by atoms with Crippen LogP contribution in [-0.4, -0.2) is 45.6 Å². The van der Waals surface area contributed by atoms with Crippen LogP contribution in [0.5, 0.6) is 0 Å². The molecule has 0 aliphatic carbocycles. The van der Waals surface area contributed by atoms with Crippen molar-refractivity contribution in [3.05, 3.63) is 37.2 Å². The predicted molar refractivity (Wildman–Crippen MR) is 96.0 cm³/mol. The Bertz CT molecular complexity index is 828. The molecule has 2 N–H and O–H groups in total. The second-order valence-electron chi connectivity index (χ2n) is 6.35. The Hall–Kier alpha value is -2.47. The van der Waals surface area contributed by atoms with Crippen LogP contribution >= 0.6 is 0 Å². The van der Waals surface area contributed by atoms with Crippen LogP contribution in [0.15, 0.2) is 37.2 Å². The number of anilines is 1. The molecule has 3 aromatic rings. The third-order valence-electron chi connectivity index (χ3n) is 5.09. The summed E-state index contributed by atoms with van der Waals surface area (Å²) in [6, 6.07) is 3.06. The first-order valence-electron chi connectivity index (χ1n) is 8.45. The van der Waals surface area contributed by atoms with E-state index in [9.17, 15) is 0 Å². The van der Waals surface area contributed by atoms with Crippen molar-refractivity contribution in [3.63, 3.8) is 0 Å². The van der Waals surface area contributed by atoms with Gasteiger partial charge in [0, 0.05) is 54.5 Å². The van der Waals surface area contributed by atoms with E-state index in [2.05, 4.69) is 50.2 Å². The Kier molecular flexibility index (Phi) is 3.90. The summed E-state index contributed by atoms with van der Waals surface area (Å²) in [6.45, 7) is 3.36. The molecule has 1 aliphatic heterocycles. The van der Waals surface area contributed by atoms with Gasteiger partial charge in [0.1, 0.15) is 12.0 Å². The average molecular weight is 322 g/mol. The van der Waals surface area contributed by atoms with Gasteiger partial charge >= 0.3 is 0 Å². The summed E-state index contributed by atoms with van der Waals surface area (Å²) in [7, 11) is 2.05. The van der Waals surface area contributed by atoms with E-state index in [0.29, 0.717) is 12.1 Å². The minimum atomic E-state index is 0.434. The summed E-state index contributed by atoms with van der Waals surface area (Å²) in [5.41, 5.74) is 4.25. The second kappa shape index (κ2) is 6.20. The smallest absolute Gasteiger partial charge is 0.139 e. The molecule has 0 aromatic carbocycles. The van der Waals surface area contributed by atoms with Gasteiger partial charge in [-0.2, -0.15) is 0 Å². The molecule has 0 spiro atoms. The number of aromatic nitrogens is 4. The number of nitrogens with one attached hydrogen (secondary N) is 2. The molecular formula is C18H22N6. The molecule has 4 heterocycles. The highest BCUT2D eigenvalue weighted by atomic mass is 15.2. The molecule has 1 aliphatic rings. The summed E-state index contributed by atoms with van der Waals surface area (Å²) in [5, 5.41) is 4.61. The third kappa shape index (κ3) is 2.43. The average Bonchev–Trinajstić information content (AvgIpc) is 3.07. The molecule has 4 rings (SSSR count). The summed E-state index contributed by atoms with van der Waals surface area (Å²) < 4.78 is 0. The normalized spacial score (nSPS) is 21.3. The maximum absolute atomic E-state index is 4.51. The number of hydrogen-bond acceptors (Lipinski definition) is 5. The van der Waals surface area contributed by atoms with E-state index in [1.807, 2.05) is 24.8 Å². The Morgan fingerprint density at radius 2 is 2.12 bits per heavy atom. The molecule has 0 amide bonds. The number of hydrogen-bond donors (Lipinski definition) is 2. The first-order chi connectivity index (χ1) is 11.8. The van der Waals surface area contributed by atoms with Crippen LogP contribution in [0.1, 0.15) is 19.8 Å². The number of fused-ring (bicyclic) bond motifs is 1. The van der Waals surface area contributed by atoms with Crippen molar-refractivity contribution >= 4 is 16.7 Å². The van der Waals surface area contributed by atoms with Crippen molar-refractivity contribution < 1.29 is 0 Å². The fraction of sp³-hybridized carbons (Fsp3) is 0.389. The molecule has 1 saturated heterocycles. The third-order valence-corrected chi connectivity index (χ3v) is 5.09. The van der Waals surface area contributed by atoms with E-state index in [0.717, 1.165) is 28.7 Å². The first-order valence-corrected chi connectivity index (χ1v) is 8.45. The predicted octanol–water partition coefficient (Wildman–Crippen LogP) is 2.60. The van der Waals surface area contributed by atoms with Gasteiger partial charge in [0.15, 0.2) is 0 Å². The van der Waals surface area contributed by atoms with Gasteiger partial charge in [-0.15, -0.1) is 0 Å². The Morgan fingerprint density at radius 1 is 1.29 bits per heavy atom.